The summed E-state index contributed by atoms with van der Waals surface area (Å²) in [7, 11) is 0. The van der Waals surface area contributed by atoms with Crippen molar-refractivity contribution in [3.8, 4) is 67.7 Å². The molecule has 0 aliphatic carbocycles. The number of fused-ring (bicyclic) bond motifs is 2. The van der Waals surface area contributed by atoms with Gasteiger partial charge in [-0.25, -0.2) is 19.9 Å². The average Bonchev–Trinajstić information content (AvgIpc) is 3.21. The van der Waals surface area contributed by atoms with Crippen LogP contribution in [0.3, 0.4) is 0 Å². The molecule has 2 aromatic heterocycles. The van der Waals surface area contributed by atoms with Crippen molar-refractivity contribution in [3.05, 3.63) is 181 Å². The molecule has 0 spiro atoms. The Morgan fingerprint density at radius 1 is 0.365 bits per heavy atom. The molecule has 9 aromatic rings. The van der Waals surface area contributed by atoms with Gasteiger partial charge in [0.05, 0.1) is 11.2 Å². The highest BCUT2D eigenvalue weighted by molar-refractivity contribution is 6.02. The lowest BCUT2D eigenvalue weighted by atomic mass is 9.88. The van der Waals surface area contributed by atoms with Crippen LogP contribution in [0.1, 0.15) is 11.1 Å². The summed E-state index contributed by atoms with van der Waals surface area (Å²) in [5.74, 6) is 1.88. The van der Waals surface area contributed by atoms with Gasteiger partial charge >= 0.3 is 0 Å². The van der Waals surface area contributed by atoms with E-state index >= 15 is 0 Å². The van der Waals surface area contributed by atoms with Crippen LogP contribution in [0.4, 0.5) is 0 Å². The van der Waals surface area contributed by atoms with Crippen molar-refractivity contribution >= 4 is 21.7 Å². The van der Waals surface area contributed by atoms with Gasteiger partial charge < -0.3 is 0 Å². The van der Waals surface area contributed by atoms with Crippen LogP contribution in [0.15, 0.2) is 170 Å². The number of hydrogen-bond donors (Lipinski definition) is 0. The molecule has 0 saturated heterocycles. The van der Waals surface area contributed by atoms with Crippen LogP contribution < -0.4 is 0 Å². The largest absolute Gasteiger partial charge is 0.247 e. The molecule has 0 amide bonds. The van der Waals surface area contributed by atoms with Crippen molar-refractivity contribution in [2.75, 3.05) is 0 Å². The van der Waals surface area contributed by atoms with Crippen molar-refractivity contribution in [1.82, 2.24) is 19.9 Å². The molecule has 0 aliphatic heterocycles. The zero-order valence-corrected chi connectivity index (χ0v) is 29.0. The van der Waals surface area contributed by atoms with Crippen molar-refractivity contribution < 1.29 is 0 Å². The molecule has 0 fully saturated rings. The van der Waals surface area contributed by atoms with E-state index in [1.165, 1.54) is 16.3 Å². The van der Waals surface area contributed by atoms with Gasteiger partial charge in [0.15, 0.2) is 17.5 Å². The first-order valence-electron chi connectivity index (χ1n) is 17.6. The molecule has 9 rings (SSSR count). The Hall–Kier alpha value is -6.78. The Kier molecular flexibility index (Phi) is 7.90. The maximum atomic E-state index is 5.25. The van der Waals surface area contributed by atoms with Crippen molar-refractivity contribution in [2.45, 2.75) is 13.8 Å². The molecule has 0 N–H and O–H groups in total. The summed E-state index contributed by atoms with van der Waals surface area (Å²) in [6.45, 7) is 4.35. The Morgan fingerprint density at radius 2 is 0.885 bits per heavy atom. The van der Waals surface area contributed by atoms with E-state index in [1.807, 2.05) is 60.7 Å². The minimum absolute atomic E-state index is 0.617. The summed E-state index contributed by atoms with van der Waals surface area (Å²) >= 11 is 0. The second-order valence-electron chi connectivity index (χ2n) is 13.2. The number of aromatic nitrogens is 4. The Balaban J connectivity index is 1.36. The summed E-state index contributed by atoms with van der Waals surface area (Å²) in [5.41, 5.74) is 12.6. The molecule has 0 unspecified atom stereocenters. The van der Waals surface area contributed by atoms with Gasteiger partial charge in [-0.3, -0.25) is 0 Å². The van der Waals surface area contributed by atoms with Crippen LogP contribution in [-0.2, 0) is 0 Å². The van der Waals surface area contributed by atoms with Gasteiger partial charge in [0.2, 0.25) is 0 Å². The van der Waals surface area contributed by atoms with E-state index in [0.29, 0.717) is 17.5 Å². The fraction of sp³-hybridized carbons (Fsp3) is 0.0417. The van der Waals surface area contributed by atoms with Gasteiger partial charge in [-0.15, -0.1) is 0 Å². The van der Waals surface area contributed by atoms with E-state index in [4.69, 9.17) is 19.9 Å². The Morgan fingerprint density at radius 3 is 1.60 bits per heavy atom. The molecule has 2 heterocycles. The maximum absolute atomic E-state index is 5.25. The van der Waals surface area contributed by atoms with E-state index in [1.54, 1.807) is 0 Å². The first-order valence-corrected chi connectivity index (χ1v) is 17.6. The second-order valence-corrected chi connectivity index (χ2v) is 13.2. The highest BCUT2D eigenvalue weighted by atomic mass is 15.0. The third-order valence-corrected chi connectivity index (χ3v) is 9.82. The van der Waals surface area contributed by atoms with Gasteiger partial charge in [0, 0.05) is 27.6 Å². The van der Waals surface area contributed by atoms with Crippen LogP contribution >= 0.6 is 0 Å². The molecule has 4 heteroatoms. The smallest absolute Gasteiger partial charge is 0.164 e. The monoisotopic (exact) mass is 666 g/mol. The number of nitrogens with zero attached hydrogens (tertiary/aromatic N) is 4. The second kappa shape index (κ2) is 13.2. The standard InChI is InChI=1S/C48H34N4/c1-31-16-9-11-23-39(31)45-32(2)44(42-25-13-14-27-43(42)49-45)37-28-36(41-26-15-22-33-17-10-12-24-40(33)41)29-38(30-37)48-51-46(34-18-5-3-6-19-34)50-47(52-48)35-20-7-4-8-21-35/h3-30H,1-2H3. The first-order chi connectivity index (χ1) is 25.6. The first kappa shape index (κ1) is 31.2. The number of pyridine rings is 1. The van der Waals surface area contributed by atoms with Gasteiger partial charge in [0.1, 0.15) is 0 Å². The summed E-state index contributed by atoms with van der Waals surface area (Å²) in [5, 5.41) is 3.48. The molecule has 0 aliphatic rings. The highest BCUT2D eigenvalue weighted by Crippen LogP contribution is 2.41. The van der Waals surface area contributed by atoms with Gasteiger partial charge in [-0.2, -0.15) is 0 Å². The van der Waals surface area contributed by atoms with Crippen LogP contribution in [0.5, 0.6) is 0 Å². The van der Waals surface area contributed by atoms with Gasteiger partial charge in [0.25, 0.3) is 0 Å². The number of para-hydroxylation sites is 1. The van der Waals surface area contributed by atoms with Gasteiger partial charge in [-0.05, 0) is 82.3 Å². The predicted octanol–water partition coefficient (Wildman–Crippen LogP) is 12.2. The molecular formula is C48H34N4. The summed E-state index contributed by atoms with van der Waals surface area (Å²) in [4.78, 5) is 20.5. The molecule has 7 aromatic carbocycles. The van der Waals surface area contributed by atoms with E-state index < -0.39 is 0 Å². The molecule has 0 atom stereocenters. The highest BCUT2D eigenvalue weighted by Gasteiger charge is 2.20. The van der Waals surface area contributed by atoms with E-state index in [0.717, 1.165) is 66.7 Å². The molecule has 0 saturated carbocycles. The maximum Gasteiger partial charge on any atom is 0.164 e. The van der Waals surface area contributed by atoms with Crippen molar-refractivity contribution in [1.29, 1.82) is 0 Å². The quantitative estimate of drug-likeness (QED) is 0.177. The van der Waals surface area contributed by atoms with Crippen LogP contribution in [-0.4, -0.2) is 19.9 Å². The molecule has 4 nitrogen and oxygen atoms in total. The average molecular weight is 667 g/mol. The van der Waals surface area contributed by atoms with E-state index in [-0.39, 0.29) is 0 Å². The molecular weight excluding hydrogens is 633 g/mol. The number of benzene rings is 7. The minimum atomic E-state index is 0.617. The SMILES string of the molecule is Cc1ccccc1-c1nc2ccccc2c(-c2cc(-c3nc(-c4ccccc4)nc(-c4ccccc4)n3)cc(-c3cccc4ccccc34)c2)c1C. The third-order valence-electron chi connectivity index (χ3n) is 9.82. The Labute approximate surface area is 303 Å². The topological polar surface area (TPSA) is 51.6 Å². The van der Waals surface area contributed by atoms with E-state index in [9.17, 15) is 0 Å². The molecule has 0 bridgehead atoms. The summed E-state index contributed by atoms with van der Waals surface area (Å²) in [6.07, 6.45) is 0. The zero-order valence-electron chi connectivity index (χ0n) is 29.0. The fourth-order valence-electron chi connectivity index (χ4n) is 7.25. The molecule has 0 radical (unpaired) electrons. The lowest BCUT2D eigenvalue weighted by Crippen LogP contribution is -2.01. The van der Waals surface area contributed by atoms with Crippen LogP contribution in [0.2, 0.25) is 0 Å². The zero-order chi connectivity index (χ0) is 35.0. The van der Waals surface area contributed by atoms with E-state index in [2.05, 4.69) is 123 Å². The lowest BCUT2D eigenvalue weighted by molar-refractivity contribution is 1.07. The number of rotatable bonds is 6. The third kappa shape index (κ3) is 5.70. The summed E-state index contributed by atoms with van der Waals surface area (Å²) < 4.78 is 0. The lowest BCUT2D eigenvalue weighted by Gasteiger charge is -2.18. The predicted molar refractivity (Wildman–Crippen MR) is 215 cm³/mol. The van der Waals surface area contributed by atoms with Crippen LogP contribution in [0, 0.1) is 13.8 Å². The summed E-state index contributed by atoms with van der Waals surface area (Å²) in [6, 6.07) is 59.1. The number of hydrogen-bond acceptors (Lipinski definition) is 4. The number of aryl methyl sites for hydroxylation is 1. The normalized spacial score (nSPS) is 11.3. The van der Waals surface area contributed by atoms with Crippen molar-refractivity contribution in [3.63, 3.8) is 0 Å². The van der Waals surface area contributed by atoms with Gasteiger partial charge in [-0.1, -0.05) is 146 Å². The molecule has 52 heavy (non-hydrogen) atoms. The van der Waals surface area contributed by atoms with Crippen molar-refractivity contribution in [2.24, 2.45) is 0 Å². The molecule has 246 valence electrons. The minimum Gasteiger partial charge on any atom is -0.247 e. The Bertz CT molecular complexity index is 2690. The van der Waals surface area contributed by atoms with Crippen LogP contribution in [0.25, 0.3) is 89.4 Å². The fourth-order valence-corrected chi connectivity index (χ4v) is 7.25.